The lowest BCUT2D eigenvalue weighted by Crippen LogP contribution is -2.25. The van der Waals surface area contributed by atoms with Gasteiger partial charge >= 0.3 is 0 Å². The van der Waals surface area contributed by atoms with E-state index in [1.165, 1.54) is 51.4 Å². The summed E-state index contributed by atoms with van der Waals surface area (Å²) >= 11 is 6.20. The Morgan fingerprint density at radius 1 is 1.00 bits per heavy atom. The number of rotatable bonds is 5. The Balaban J connectivity index is 1.42. The van der Waals surface area contributed by atoms with Crippen molar-refractivity contribution in [3.05, 3.63) is 46.3 Å². The Labute approximate surface area is 164 Å². The minimum Gasteiger partial charge on any atom is -0.205 e. The highest BCUT2D eigenvalue weighted by Crippen LogP contribution is 2.42. The molecule has 144 valence electrons. The molecular weight excluding hydrogens is 343 g/mol. The van der Waals surface area contributed by atoms with Gasteiger partial charge < -0.3 is 0 Å². The molecule has 0 bridgehead atoms. The first-order chi connectivity index (χ1) is 12.6. The zero-order valence-electron chi connectivity index (χ0n) is 16.4. The van der Waals surface area contributed by atoms with Crippen molar-refractivity contribution in [3.63, 3.8) is 0 Å². The van der Waals surface area contributed by atoms with Crippen molar-refractivity contribution in [3.8, 4) is 0 Å². The van der Waals surface area contributed by atoms with Gasteiger partial charge in [0.1, 0.15) is 5.82 Å². The van der Waals surface area contributed by atoms with Crippen LogP contribution in [-0.2, 0) is 6.42 Å². The summed E-state index contributed by atoms with van der Waals surface area (Å²) < 4.78 is 14.0. The fourth-order valence-electron chi connectivity index (χ4n) is 5.27. The summed E-state index contributed by atoms with van der Waals surface area (Å²) in [7, 11) is 0. The highest BCUT2D eigenvalue weighted by molar-refractivity contribution is 6.31. The normalized spacial score (nSPS) is 30.0. The van der Waals surface area contributed by atoms with Crippen LogP contribution in [-0.4, -0.2) is 0 Å². The summed E-state index contributed by atoms with van der Waals surface area (Å²) in [6.45, 7) is 3.92. The molecular formula is C24H34ClF. The Bertz CT molecular complexity index is 605. The van der Waals surface area contributed by atoms with Crippen molar-refractivity contribution >= 4 is 11.6 Å². The lowest BCUT2D eigenvalue weighted by atomic mass is 9.68. The van der Waals surface area contributed by atoms with Gasteiger partial charge in [-0.2, -0.15) is 0 Å². The van der Waals surface area contributed by atoms with Gasteiger partial charge in [0.05, 0.1) is 5.02 Å². The summed E-state index contributed by atoms with van der Waals surface area (Å²) in [6.07, 6.45) is 17.9. The number of halogens is 2. The molecule has 2 fully saturated rings. The maximum atomic E-state index is 14.0. The number of benzene rings is 1. The molecule has 2 heteroatoms. The molecule has 0 radical (unpaired) electrons. The molecule has 0 spiro atoms. The molecule has 2 saturated carbocycles. The van der Waals surface area contributed by atoms with E-state index in [4.69, 9.17) is 11.6 Å². The van der Waals surface area contributed by atoms with Gasteiger partial charge in [-0.1, -0.05) is 48.7 Å². The number of hydrogen-bond acceptors (Lipinski definition) is 0. The van der Waals surface area contributed by atoms with Crippen LogP contribution in [0, 0.1) is 36.4 Å². The predicted octanol–water partition coefficient (Wildman–Crippen LogP) is 7.91. The number of allylic oxidation sites excluding steroid dienone is 2. The van der Waals surface area contributed by atoms with Gasteiger partial charge in [-0.05, 0) is 100 Å². The third-order valence-electron chi connectivity index (χ3n) is 7.02. The van der Waals surface area contributed by atoms with Crippen molar-refractivity contribution < 1.29 is 4.39 Å². The minimum atomic E-state index is -0.235. The Morgan fingerprint density at radius 2 is 1.62 bits per heavy atom. The smallest absolute Gasteiger partial charge is 0.144 e. The predicted molar refractivity (Wildman–Crippen MR) is 110 cm³/mol. The van der Waals surface area contributed by atoms with Gasteiger partial charge in [0.2, 0.25) is 0 Å². The Kier molecular flexibility index (Phi) is 7.20. The quantitative estimate of drug-likeness (QED) is 0.458. The van der Waals surface area contributed by atoms with Crippen LogP contribution < -0.4 is 0 Å². The minimum absolute atomic E-state index is 0.235. The molecule has 26 heavy (non-hydrogen) atoms. The fraction of sp³-hybridized carbons (Fsp3) is 0.667. The van der Waals surface area contributed by atoms with Gasteiger partial charge in [-0.15, -0.1) is 0 Å². The van der Waals surface area contributed by atoms with E-state index in [2.05, 4.69) is 19.1 Å². The van der Waals surface area contributed by atoms with Crippen LogP contribution in [0.25, 0.3) is 0 Å². The van der Waals surface area contributed by atoms with Crippen molar-refractivity contribution in [1.29, 1.82) is 0 Å². The van der Waals surface area contributed by atoms with E-state index >= 15 is 0 Å². The Hall–Kier alpha value is -0.820. The van der Waals surface area contributed by atoms with Gasteiger partial charge in [0, 0.05) is 0 Å². The van der Waals surface area contributed by atoms with Crippen LogP contribution in [0.1, 0.15) is 75.8 Å². The molecule has 0 amide bonds. The topological polar surface area (TPSA) is 0 Å². The zero-order chi connectivity index (χ0) is 18.5. The first-order valence-corrected chi connectivity index (χ1v) is 11.0. The van der Waals surface area contributed by atoms with Crippen LogP contribution in [0.4, 0.5) is 4.39 Å². The standard InChI is InChI=1S/C24H34ClF/c1-3-4-18-6-12-20(13-7-18)21-14-8-19(9-15-21)10-16-22-11-5-17(2)24(26)23(22)25/h3-5,11,18-21H,6-10,12-16H2,1-2H3/b4-3+. The van der Waals surface area contributed by atoms with Gasteiger partial charge in [-0.3, -0.25) is 0 Å². The lowest BCUT2D eigenvalue weighted by Gasteiger charge is -2.37. The van der Waals surface area contributed by atoms with E-state index in [0.717, 1.165) is 42.1 Å². The molecule has 0 unspecified atom stereocenters. The van der Waals surface area contributed by atoms with Crippen LogP contribution in [0.3, 0.4) is 0 Å². The van der Waals surface area contributed by atoms with Crippen molar-refractivity contribution in [2.24, 2.45) is 23.7 Å². The lowest BCUT2D eigenvalue weighted by molar-refractivity contribution is 0.152. The molecule has 0 aliphatic heterocycles. The van der Waals surface area contributed by atoms with Crippen LogP contribution in [0.2, 0.25) is 5.02 Å². The number of aryl methyl sites for hydroxylation is 2. The van der Waals surface area contributed by atoms with E-state index < -0.39 is 0 Å². The maximum Gasteiger partial charge on any atom is 0.144 e. The highest BCUT2D eigenvalue weighted by atomic mass is 35.5. The summed E-state index contributed by atoms with van der Waals surface area (Å²) in [4.78, 5) is 0. The van der Waals surface area contributed by atoms with E-state index in [-0.39, 0.29) is 5.82 Å². The van der Waals surface area contributed by atoms with E-state index in [1.54, 1.807) is 6.92 Å². The molecule has 0 nitrogen and oxygen atoms in total. The molecule has 2 aliphatic carbocycles. The van der Waals surface area contributed by atoms with E-state index in [9.17, 15) is 4.39 Å². The summed E-state index contributed by atoms with van der Waals surface area (Å²) in [5, 5.41) is 0.344. The monoisotopic (exact) mass is 376 g/mol. The van der Waals surface area contributed by atoms with Gasteiger partial charge in [0.15, 0.2) is 0 Å². The molecule has 3 rings (SSSR count). The third kappa shape index (κ3) is 4.91. The van der Waals surface area contributed by atoms with Crippen molar-refractivity contribution in [1.82, 2.24) is 0 Å². The third-order valence-corrected chi connectivity index (χ3v) is 7.43. The summed E-state index contributed by atoms with van der Waals surface area (Å²) in [5.74, 6) is 3.33. The van der Waals surface area contributed by atoms with Crippen LogP contribution in [0.5, 0.6) is 0 Å². The molecule has 0 heterocycles. The van der Waals surface area contributed by atoms with Crippen molar-refractivity contribution in [2.45, 2.75) is 78.1 Å². The van der Waals surface area contributed by atoms with Gasteiger partial charge in [-0.25, -0.2) is 4.39 Å². The van der Waals surface area contributed by atoms with Gasteiger partial charge in [0.25, 0.3) is 0 Å². The fourth-order valence-corrected chi connectivity index (χ4v) is 5.57. The summed E-state index contributed by atoms with van der Waals surface area (Å²) in [5.41, 5.74) is 1.63. The highest BCUT2D eigenvalue weighted by Gasteiger charge is 2.30. The molecule has 0 aromatic heterocycles. The summed E-state index contributed by atoms with van der Waals surface area (Å²) in [6, 6.07) is 3.87. The Morgan fingerprint density at radius 3 is 2.23 bits per heavy atom. The molecule has 1 aromatic rings. The molecule has 0 N–H and O–H groups in total. The maximum absolute atomic E-state index is 14.0. The first kappa shape index (κ1) is 19.9. The average molecular weight is 377 g/mol. The second-order valence-corrected chi connectivity index (χ2v) is 9.07. The second-order valence-electron chi connectivity index (χ2n) is 8.69. The van der Waals surface area contributed by atoms with Crippen LogP contribution in [0.15, 0.2) is 24.3 Å². The number of hydrogen-bond donors (Lipinski definition) is 0. The average Bonchev–Trinajstić information content (AvgIpc) is 2.67. The van der Waals surface area contributed by atoms with E-state index in [1.807, 2.05) is 12.1 Å². The van der Waals surface area contributed by atoms with Crippen molar-refractivity contribution in [2.75, 3.05) is 0 Å². The van der Waals surface area contributed by atoms with Crippen LogP contribution >= 0.6 is 11.6 Å². The molecule has 0 atom stereocenters. The SMILES string of the molecule is C/C=C/C1CCC(C2CCC(CCc3ccc(C)c(F)c3Cl)CC2)CC1. The van der Waals surface area contributed by atoms with E-state index in [0.29, 0.717) is 10.6 Å². The second kappa shape index (κ2) is 9.40. The zero-order valence-corrected chi connectivity index (χ0v) is 17.2. The largest absolute Gasteiger partial charge is 0.205 e. The first-order valence-electron chi connectivity index (χ1n) is 10.6. The molecule has 0 saturated heterocycles. The molecule has 1 aromatic carbocycles. The molecule has 2 aliphatic rings.